The van der Waals surface area contributed by atoms with Gasteiger partial charge in [-0.3, -0.25) is 4.79 Å². The van der Waals surface area contributed by atoms with E-state index in [1.165, 1.54) is 0 Å². The van der Waals surface area contributed by atoms with Crippen molar-refractivity contribution in [2.45, 2.75) is 20.8 Å². The molecule has 1 amide bonds. The molecule has 4 aromatic rings. The Labute approximate surface area is 224 Å². The zero-order valence-electron chi connectivity index (χ0n) is 22.6. The minimum Gasteiger partial charge on any atom is -0.494 e. The number of likely N-dealkylation sites (N-methyl/N-ethyl adjacent to an activating group) is 1. The molecule has 1 heterocycles. The molecule has 7 nitrogen and oxygen atoms in total. The van der Waals surface area contributed by atoms with Gasteiger partial charge in [0.15, 0.2) is 5.88 Å². The highest BCUT2D eigenvalue weighted by molar-refractivity contribution is 6.22. The summed E-state index contributed by atoms with van der Waals surface area (Å²) >= 11 is 0. The van der Waals surface area contributed by atoms with E-state index in [0.717, 1.165) is 42.0 Å². The highest BCUT2D eigenvalue weighted by atomic mass is 16.5. The maximum absolute atomic E-state index is 12.7. The van der Waals surface area contributed by atoms with Crippen LogP contribution in [0.4, 0.5) is 5.69 Å². The lowest BCUT2D eigenvalue weighted by Crippen LogP contribution is -2.27. The zero-order chi connectivity index (χ0) is 27.1. The van der Waals surface area contributed by atoms with Gasteiger partial charge in [-0.2, -0.15) is 0 Å². The van der Waals surface area contributed by atoms with E-state index in [2.05, 4.69) is 23.7 Å². The fourth-order valence-electron chi connectivity index (χ4n) is 4.36. The molecular weight excluding hydrogens is 476 g/mol. The van der Waals surface area contributed by atoms with Crippen molar-refractivity contribution in [1.29, 1.82) is 0 Å². The maximum Gasteiger partial charge on any atom is 0.253 e. The van der Waals surface area contributed by atoms with Gasteiger partial charge in [-0.1, -0.05) is 50.2 Å². The second-order valence-electron chi connectivity index (χ2n) is 9.12. The SMILES string of the molecule is CCN(CC)CCOc1ccc(N=C(c2ccccc2)c2c(O)[nH]c3cc(C(=O)N(C)CC)ccc23)cc1. The highest BCUT2D eigenvalue weighted by Crippen LogP contribution is 2.32. The number of nitrogens with zero attached hydrogens (tertiary/aromatic N) is 3. The third-order valence-electron chi connectivity index (χ3n) is 6.78. The fraction of sp³-hybridized carbons (Fsp3) is 0.290. The van der Waals surface area contributed by atoms with Crippen molar-refractivity contribution in [2.24, 2.45) is 4.99 Å². The van der Waals surface area contributed by atoms with Crippen molar-refractivity contribution in [2.75, 3.05) is 39.8 Å². The van der Waals surface area contributed by atoms with Crippen molar-refractivity contribution in [3.05, 3.63) is 89.5 Å². The summed E-state index contributed by atoms with van der Waals surface area (Å²) in [5.74, 6) is 0.732. The smallest absolute Gasteiger partial charge is 0.253 e. The molecule has 0 unspecified atom stereocenters. The quantitative estimate of drug-likeness (QED) is 0.247. The Hall–Kier alpha value is -4.10. The standard InChI is InChI=1S/C31H36N4O3/c1-5-34(4)31(37)23-13-18-26-27(21-23)33-30(36)28(26)29(22-11-9-8-10-12-22)32-24-14-16-25(17-15-24)38-20-19-35(6-2)7-3/h8-18,21,33,36H,5-7,19-20H2,1-4H3. The lowest BCUT2D eigenvalue weighted by atomic mass is 10.00. The number of hydrogen-bond donors (Lipinski definition) is 2. The Kier molecular flexibility index (Phi) is 8.81. The molecule has 0 aliphatic heterocycles. The lowest BCUT2D eigenvalue weighted by Gasteiger charge is -2.18. The van der Waals surface area contributed by atoms with E-state index >= 15 is 0 Å². The van der Waals surface area contributed by atoms with Crippen LogP contribution >= 0.6 is 0 Å². The molecule has 0 saturated heterocycles. The van der Waals surface area contributed by atoms with Crippen molar-refractivity contribution in [1.82, 2.24) is 14.8 Å². The molecule has 0 radical (unpaired) electrons. The van der Waals surface area contributed by atoms with Gasteiger partial charge in [-0.25, -0.2) is 4.99 Å². The average molecular weight is 513 g/mol. The molecule has 0 aliphatic carbocycles. The van der Waals surface area contributed by atoms with E-state index in [4.69, 9.17) is 9.73 Å². The monoisotopic (exact) mass is 512 g/mol. The molecule has 0 bridgehead atoms. The summed E-state index contributed by atoms with van der Waals surface area (Å²) < 4.78 is 5.92. The van der Waals surface area contributed by atoms with Gasteiger partial charge < -0.3 is 24.6 Å². The van der Waals surface area contributed by atoms with E-state index in [9.17, 15) is 9.90 Å². The van der Waals surface area contributed by atoms with Crippen LogP contribution in [0.25, 0.3) is 10.9 Å². The maximum atomic E-state index is 12.7. The first-order chi connectivity index (χ1) is 18.4. The second-order valence-corrected chi connectivity index (χ2v) is 9.12. The molecule has 7 heteroatoms. The fourth-order valence-corrected chi connectivity index (χ4v) is 4.36. The van der Waals surface area contributed by atoms with E-state index in [1.807, 2.05) is 67.6 Å². The van der Waals surface area contributed by atoms with Crippen LogP contribution in [0.5, 0.6) is 11.6 Å². The Bertz CT molecular complexity index is 1390. The number of aromatic hydroxyl groups is 1. The number of amides is 1. The first kappa shape index (κ1) is 26.9. The number of hydrogen-bond acceptors (Lipinski definition) is 5. The molecule has 38 heavy (non-hydrogen) atoms. The first-order valence-electron chi connectivity index (χ1n) is 13.1. The lowest BCUT2D eigenvalue weighted by molar-refractivity contribution is 0.0802. The van der Waals surface area contributed by atoms with E-state index in [-0.39, 0.29) is 11.8 Å². The summed E-state index contributed by atoms with van der Waals surface area (Å²) in [5.41, 5.74) is 4.07. The summed E-state index contributed by atoms with van der Waals surface area (Å²) in [6.07, 6.45) is 0. The van der Waals surface area contributed by atoms with Gasteiger partial charge in [-0.15, -0.1) is 0 Å². The van der Waals surface area contributed by atoms with Crippen LogP contribution in [0.2, 0.25) is 0 Å². The summed E-state index contributed by atoms with van der Waals surface area (Å²) in [6.45, 7) is 10.4. The number of ether oxygens (including phenoxy) is 1. The summed E-state index contributed by atoms with van der Waals surface area (Å²) in [4.78, 5) is 24.6. The normalized spacial score (nSPS) is 11.8. The molecule has 0 atom stereocenters. The number of aromatic nitrogens is 1. The van der Waals surface area contributed by atoms with Crippen molar-refractivity contribution >= 4 is 28.2 Å². The van der Waals surface area contributed by atoms with Crippen LogP contribution in [0.3, 0.4) is 0 Å². The summed E-state index contributed by atoms with van der Waals surface area (Å²) in [5, 5.41) is 11.8. The number of benzene rings is 3. The largest absolute Gasteiger partial charge is 0.494 e. The predicted molar refractivity (Wildman–Crippen MR) is 154 cm³/mol. The topological polar surface area (TPSA) is 81.2 Å². The Morgan fingerprint density at radius 2 is 1.63 bits per heavy atom. The van der Waals surface area contributed by atoms with Crippen LogP contribution < -0.4 is 4.74 Å². The number of aromatic amines is 1. The molecular formula is C31H36N4O3. The van der Waals surface area contributed by atoms with Gasteiger partial charge in [0.2, 0.25) is 0 Å². The van der Waals surface area contributed by atoms with Gasteiger partial charge >= 0.3 is 0 Å². The number of aliphatic imine (C=N–C) groups is 1. The van der Waals surface area contributed by atoms with Gasteiger partial charge in [0, 0.05) is 42.2 Å². The van der Waals surface area contributed by atoms with Crippen molar-refractivity contribution < 1.29 is 14.6 Å². The van der Waals surface area contributed by atoms with Crippen LogP contribution in [0, 0.1) is 0 Å². The van der Waals surface area contributed by atoms with E-state index in [0.29, 0.717) is 35.5 Å². The number of H-pyrrole nitrogens is 1. The van der Waals surface area contributed by atoms with Crippen molar-refractivity contribution in [3.8, 4) is 11.6 Å². The molecule has 0 spiro atoms. The van der Waals surface area contributed by atoms with Gasteiger partial charge in [-0.05, 0) is 56.4 Å². The molecule has 198 valence electrons. The van der Waals surface area contributed by atoms with Crippen LogP contribution in [0.1, 0.15) is 42.3 Å². The summed E-state index contributed by atoms with van der Waals surface area (Å²) in [6, 6.07) is 22.9. The minimum absolute atomic E-state index is 0.00686. The number of carbonyl (C=O) groups excluding carboxylic acids is 1. The average Bonchev–Trinajstić information content (AvgIpc) is 3.29. The predicted octanol–water partition coefficient (Wildman–Crippen LogP) is 5.86. The summed E-state index contributed by atoms with van der Waals surface area (Å²) in [7, 11) is 1.77. The molecule has 0 aliphatic rings. The Morgan fingerprint density at radius 1 is 0.921 bits per heavy atom. The molecule has 4 rings (SSSR count). The number of rotatable bonds is 11. The van der Waals surface area contributed by atoms with E-state index in [1.54, 1.807) is 24.1 Å². The van der Waals surface area contributed by atoms with Crippen molar-refractivity contribution in [3.63, 3.8) is 0 Å². The Balaban J connectivity index is 1.68. The molecule has 2 N–H and O–H groups in total. The van der Waals surface area contributed by atoms with Gasteiger partial charge in [0.25, 0.3) is 5.91 Å². The van der Waals surface area contributed by atoms with Crippen LogP contribution in [0.15, 0.2) is 77.8 Å². The number of fused-ring (bicyclic) bond motifs is 1. The van der Waals surface area contributed by atoms with Gasteiger partial charge in [0.05, 0.1) is 17.0 Å². The number of carbonyl (C=O) groups is 1. The first-order valence-corrected chi connectivity index (χ1v) is 13.1. The zero-order valence-corrected chi connectivity index (χ0v) is 22.6. The second kappa shape index (κ2) is 12.4. The molecule has 0 saturated carbocycles. The van der Waals surface area contributed by atoms with Crippen LogP contribution in [-0.4, -0.2) is 71.3 Å². The van der Waals surface area contributed by atoms with E-state index < -0.39 is 0 Å². The molecule has 0 fully saturated rings. The minimum atomic E-state index is -0.0682. The Morgan fingerprint density at radius 3 is 2.29 bits per heavy atom. The van der Waals surface area contributed by atoms with Gasteiger partial charge in [0.1, 0.15) is 12.4 Å². The van der Waals surface area contributed by atoms with Crippen LogP contribution in [-0.2, 0) is 0 Å². The molecule has 1 aromatic heterocycles. The third-order valence-corrected chi connectivity index (χ3v) is 6.78. The highest BCUT2D eigenvalue weighted by Gasteiger charge is 2.20. The number of nitrogens with one attached hydrogen (secondary N) is 1. The molecule has 3 aromatic carbocycles. The third kappa shape index (κ3) is 6.06.